The zero-order chi connectivity index (χ0) is 12.5. The third kappa shape index (κ3) is 3.39. The molecule has 1 aromatic rings. The molecule has 4 nitrogen and oxygen atoms in total. The van der Waals surface area contributed by atoms with Gasteiger partial charge in [-0.05, 0) is 26.7 Å². The smallest absolute Gasteiger partial charge is 0.202 e. The molecule has 0 aliphatic carbocycles. The number of hydrogen-bond donors (Lipinski definition) is 1. The first-order chi connectivity index (χ1) is 7.96. The van der Waals surface area contributed by atoms with Crippen molar-refractivity contribution < 1.29 is 4.74 Å². The quantitative estimate of drug-likeness (QED) is 0.902. The second-order valence-corrected chi connectivity index (χ2v) is 6.31. The Morgan fingerprint density at radius 2 is 2.24 bits per heavy atom. The molecule has 0 aromatic carbocycles. The normalized spacial score (nSPS) is 23.9. The first kappa shape index (κ1) is 12.8. The molecule has 1 fully saturated rings. The van der Waals surface area contributed by atoms with E-state index in [2.05, 4.69) is 42.4 Å². The van der Waals surface area contributed by atoms with Gasteiger partial charge in [-0.3, -0.25) is 0 Å². The Bertz CT molecular complexity index is 376. The van der Waals surface area contributed by atoms with E-state index in [0.29, 0.717) is 12.0 Å². The number of nitrogens with one attached hydrogen (secondary N) is 1. The minimum atomic E-state index is -0.0263. The van der Waals surface area contributed by atoms with Crippen LogP contribution in [-0.2, 0) is 4.74 Å². The van der Waals surface area contributed by atoms with Crippen molar-refractivity contribution in [1.29, 1.82) is 0 Å². The highest BCUT2D eigenvalue weighted by molar-refractivity contribution is 7.09. The van der Waals surface area contributed by atoms with Crippen LogP contribution in [0.2, 0.25) is 0 Å². The Kier molecular flexibility index (Phi) is 3.68. The third-order valence-electron chi connectivity index (χ3n) is 2.98. The summed E-state index contributed by atoms with van der Waals surface area (Å²) in [4.78, 5) is 4.51. The molecule has 1 atom stereocenters. The molecule has 0 saturated carbocycles. The first-order valence-electron chi connectivity index (χ1n) is 6.20. The van der Waals surface area contributed by atoms with E-state index in [0.717, 1.165) is 30.4 Å². The number of nitrogens with zero attached hydrogens (tertiary/aromatic N) is 2. The lowest BCUT2D eigenvalue weighted by molar-refractivity contribution is -0.0553. The summed E-state index contributed by atoms with van der Waals surface area (Å²) in [5, 5.41) is 4.42. The summed E-state index contributed by atoms with van der Waals surface area (Å²) < 4.78 is 10.1. The predicted octanol–water partition coefficient (Wildman–Crippen LogP) is 3.03. The Morgan fingerprint density at radius 1 is 1.47 bits per heavy atom. The molecular weight excluding hydrogens is 234 g/mol. The van der Waals surface area contributed by atoms with E-state index < -0.39 is 0 Å². The van der Waals surface area contributed by atoms with E-state index in [4.69, 9.17) is 4.74 Å². The second-order valence-electron chi connectivity index (χ2n) is 5.55. The van der Waals surface area contributed by atoms with E-state index in [9.17, 15) is 0 Å². The minimum absolute atomic E-state index is 0.0263. The molecule has 1 aromatic heterocycles. The largest absolute Gasteiger partial charge is 0.375 e. The molecule has 1 N–H and O–H groups in total. The van der Waals surface area contributed by atoms with E-state index >= 15 is 0 Å². The Balaban J connectivity index is 1.95. The molecular formula is C12H21N3OS. The van der Waals surface area contributed by atoms with Crippen LogP contribution in [-0.4, -0.2) is 27.6 Å². The van der Waals surface area contributed by atoms with Gasteiger partial charge in [0.15, 0.2) is 0 Å². The highest BCUT2D eigenvalue weighted by atomic mass is 32.1. The van der Waals surface area contributed by atoms with E-state index in [-0.39, 0.29) is 5.60 Å². The van der Waals surface area contributed by atoms with Crippen LogP contribution < -0.4 is 5.32 Å². The van der Waals surface area contributed by atoms with Crippen LogP contribution in [0.5, 0.6) is 0 Å². The molecule has 0 spiro atoms. The molecule has 2 rings (SSSR count). The Hall–Kier alpha value is -0.680. The molecule has 0 amide bonds. The number of aromatic nitrogens is 2. The first-order valence-corrected chi connectivity index (χ1v) is 6.98. The summed E-state index contributed by atoms with van der Waals surface area (Å²) in [6.45, 7) is 9.33. The highest BCUT2D eigenvalue weighted by Crippen LogP contribution is 2.27. The van der Waals surface area contributed by atoms with Gasteiger partial charge in [0.1, 0.15) is 5.82 Å². The van der Waals surface area contributed by atoms with Gasteiger partial charge in [0.2, 0.25) is 5.13 Å². The van der Waals surface area contributed by atoms with Crippen molar-refractivity contribution in [3.05, 3.63) is 5.82 Å². The summed E-state index contributed by atoms with van der Waals surface area (Å²) in [5.74, 6) is 1.33. The molecule has 1 aliphatic rings. The van der Waals surface area contributed by atoms with Gasteiger partial charge in [0.25, 0.3) is 0 Å². The molecule has 2 heterocycles. The number of hydrogen-bond acceptors (Lipinski definition) is 5. The zero-order valence-corrected chi connectivity index (χ0v) is 11.8. The predicted molar refractivity (Wildman–Crippen MR) is 70.7 cm³/mol. The number of ether oxygens (including phenoxy) is 1. The Morgan fingerprint density at radius 3 is 2.82 bits per heavy atom. The van der Waals surface area contributed by atoms with E-state index in [1.54, 1.807) is 0 Å². The summed E-state index contributed by atoms with van der Waals surface area (Å²) in [7, 11) is 0. The highest BCUT2D eigenvalue weighted by Gasteiger charge is 2.29. The zero-order valence-electron chi connectivity index (χ0n) is 11.0. The van der Waals surface area contributed by atoms with Gasteiger partial charge in [-0.15, -0.1) is 0 Å². The van der Waals surface area contributed by atoms with Gasteiger partial charge in [0.05, 0.1) is 5.60 Å². The monoisotopic (exact) mass is 255 g/mol. The van der Waals surface area contributed by atoms with Gasteiger partial charge in [-0.2, -0.15) is 4.37 Å². The van der Waals surface area contributed by atoms with Crippen LogP contribution >= 0.6 is 11.5 Å². The van der Waals surface area contributed by atoms with Gasteiger partial charge < -0.3 is 10.1 Å². The van der Waals surface area contributed by atoms with Crippen LogP contribution in [0, 0.1) is 0 Å². The molecule has 5 heteroatoms. The van der Waals surface area contributed by atoms with Gasteiger partial charge in [-0.1, -0.05) is 13.8 Å². The van der Waals surface area contributed by atoms with Crippen LogP contribution in [0.4, 0.5) is 5.13 Å². The van der Waals surface area contributed by atoms with Crippen molar-refractivity contribution in [3.63, 3.8) is 0 Å². The van der Waals surface area contributed by atoms with Crippen molar-refractivity contribution in [2.45, 2.75) is 58.1 Å². The van der Waals surface area contributed by atoms with Gasteiger partial charge in [-0.25, -0.2) is 4.98 Å². The summed E-state index contributed by atoms with van der Waals surface area (Å²) in [6.07, 6.45) is 2.06. The maximum absolute atomic E-state index is 5.70. The van der Waals surface area contributed by atoms with Gasteiger partial charge >= 0.3 is 0 Å². The second kappa shape index (κ2) is 4.90. The fourth-order valence-electron chi connectivity index (χ4n) is 2.06. The molecule has 96 valence electrons. The summed E-state index contributed by atoms with van der Waals surface area (Å²) in [6, 6.07) is 0.451. The number of rotatable bonds is 3. The maximum atomic E-state index is 5.70. The lowest BCUT2D eigenvalue weighted by Gasteiger charge is -2.35. The maximum Gasteiger partial charge on any atom is 0.202 e. The minimum Gasteiger partial charge on any atom is -0.375 e. The molecule has 0 bridgehead atoms. The molecule has 17 heavy (non-hydrogen) atoms. The third-order valence-corrected chi connectivity index (χ3v) is 3.64. The average Bonchev–Trinajstić information content (AvgIpc) is 2.64. The van der Waals surface area contributed by atoms with Crippen LogP contribution in [0.1, 0.15) is 52.3 Å². The fourth-order valence-corrected chi connectivity index (χ4v) is 2.84. The average molecular weight is 255 g/mol. The van der Waals surface area contributed by atoms with Gasteiger partial charge in [0, 0.05) is 30.1 Å². The summed E-state index contributed by atoms with van der Waals surface area (Å²) in [5.41, 5.74) is -0.0263. The van der Waals surface area contributed by atoms with E-state index in [1.165, 1.54) is 11.5 Å². The van der Waals surface area contributed by atoms with Crippen molar-refractivity contribution in [2.24, 2.45) is 0 Å². The standard InChI is InChI=1S/C12H21N3OS/c1-8(2)10-14-11(17-15-10)13-9-5-6-16-12(3,4)7-9/h8-9H,5-7H2,1-4H3,(H,13,14,15). The van der Waals surface area contributed by atoms with Crippen molar-refractivity contribution >= 4 is 16.7 Å². The fraction of sp³-hybridized carbons (Fsp3) is 0.833. The molecule has 0 radical (unpaired) electrons. The lowest BCUT2D eigenvalue weighted by atomic mass is 9.94. The van der Waals surface area contributed by atoms with Crippen LogP contribution in [0.15, 0.2) is 0 Å². The SMILES string of the molecule is CC(C)c1nsc(NC2CCOC(C)(C)C2)n1. The van der Waals surface area contributed by atoms with Crippen LogP contribution in [0.25, 0.3) is 0 Å². The van der Waals surface area contributed by atoms with Crippen molar-refractivity contribution in [3.8, 4) is 0 Å². The van der Waals surface area contributed by atoms with Crippen molar-refractivity contribution in [2.75, 3.05) is 11.9 Å². The molecule has 1 aliphatic heterocycles. The van der Waals surface area contributed by atoms with Crippen molar-refractivity contribution in [1.82, 2.24) is 9.36 Å². The lowest BCUT2D eigenvalue weighted by Crippen LogP contribution is -2.40. The molecule has 1 saturated heterocycles. The number of anilines is 1. The molecule has 1 unspecified atom stereocenters. The van der Waals surface area contributed by atoms with E-state index in [1.807, 2.05) is 0 Å². The Labute approximate surface area is 107 Å². The topological polar surface area (TPSA) is 47.0 Å². The van der Waals surface area contributed by atoms with Crippen LogP contribution in [0.3, 0.4) is 0 Å². The summed E-state index contributed by atoms with van der Waals surface area (Å²) >= 11 is 1.46.